The zero-order chi connectivity index (χ0) is 15.2. The van der Waals surface area contributed by atoms with Gasteiger partial charge in [-0.15, -0.1) is 0 Å². The summed E-state index contributed by atoms with van der Waals surface area (Å²) in [6, 6.07) is 13.5. The Morgan fingerprint density at radius 1 is 1.10 bits per heavy atom. The van der Waals surface area contributed by atoms with Crippen molar-refractivity contribution in [2.75, 3.05) is 6.61 Å². The Morgan fingerprint density at radius 3 is 2.43 bits per heavy atom. The van der Waals surface area contributed by atoms with E-state index in [1.165, 1.54) is 0 Å². The molecule has 0 spiro atoms. The third-order valence-corrected chi connectivity index (χ3v) is 3.63. The minimum atomic E-state index is -0.00414. The van der Waals surface area contributed by atoms with Crippen LogP contribution < -0.4 is 15.2 Å². The molecule has 0 fully saturated rings. The summed E-state index contributed by atoms with van der Waals surface area (Å²) >= 11 is 3.53. The first-order chi connectivity index (χ1) is 10.1. The number of halogens is 1. The molecule has 21 heavy (non-hydrogen) atoms. The lowest BCUT2D eigenvalue weighted by Gasteiger charge is -2.14. The molecule has 2 rings (SSSR count). The van der Waals surface area contributed by atoms with Crippen molar-refractivity contribution in [1.82, 2.24) is 0 Å². The van der Waals surface area contributed by atoms with Crippen LogP contribution in [-0.2, 0) is 0 Å². The normalized spacial score (nSPS) is 12.0. The minimum Gasteiger partial charge on any atom is -0.490 e. The summed E-state index contributed by atoms with van der Waals surface area (Å²) in [6.07, 6.45) is 0.959. The summed E-state index contributed by atoms with van der Waals surface area (Å²) < 4.78 is 12.5. The summed E-state index contributed by atoms with van der Waals surface area (Å²) in [5.41, 5.74) is 6.94. The van der Waals surface area contributed by atoms with Crippen molar-refractivity contribution in [2.24, 2.45) is 5.73 Å². The Balaban J connectivity index is 2.22. The number of hydrogen-bond donors (Lipinski definition) is 1. The van der Waals surface area contributed by atoms with Crippen molar-refractivity contribution in [1.29, 1.82) is 0 Å². The lowest BCUT2D eigenvalue weighted by Crippen LogP contribution is -2.04. The van der Waals surface area contributed by atoms with Gasteiger partial charge in [0.25, 0.3) is 0 Å². The van der Waals surface area contributed by atoms with E-state index in [4.69, 9.17) is 15.2 Å². The van der Waals surface area contributed by atoms with Crippen LogP contribution in [-0.4, -0.2) is 6.61 Å². The topological polar surface area (TPSA) is 44.5 Å². The second-order valence-electron chi connectivity index (χ2n) is 4.88. The maximum atomic E-state index is 5.96. The van der Waals surface area contributed by atoms with Gasteiger partial charge in [-0.1, -0.05) is 25.1 Å². The Labute approximate surface area is 134 Å². The van der Waals surface area contributed by atoms with Crippen LogP contribution in [0.4, 0.5) is 0 Å². The summed E-state index contributed by atoms with van der Waals surface area (Å²) in [6.45, 7) is 4.70. The zero-order valence-corrected chi connectivity index (χ0v) is 13.9. The number of hydrogen-bond acceptors (Lipinski definition) is 3. The molecule has 2 aromatic rings. The second kappa shape index (κ2) is 7.48. The monoisotopic (exact) mass is 349 g/mol. The molecule has 0 saturated heterocycles. The van der Waals surface area contributed by atoms with E-state index < -0.39 is 0 Å². The minimum absolute atomic E-state index is 0.00414. The molecule has 0 aliphatic rings. The average molecular weight is 350 g/mol. The number of rotatable bonds is 6. The van der Waals surface area contributed by atoms with Crippen molar-refractivity contribution in [3.05, 3.63) is 52.5 Å². The van der Waals surface area contributed by atoms with E-state index in [1.807, 2.05) is 49.4 Å². The zero-order valence-electron chi connectivity index (χ0n) is 12.3. The maximum absolute atomic E-state index is 5.96. The van der Waals surface area contributed by atoms with E-state index in [9.17, 15) is 0 Å². The molecule has 4 heteroatoms. The molecule has 2 aromatic carbocycles. The van der Waals surface area contributed by atoms with Crippen molar-refractivity contribution in [3.8, 4) is 17.2 Å². The standard InChI is InChI=1S/C17H20BrNO2/c1-3-10-20-16-6-4-5-7-17(16)21-15-9-8-13(12(2)19)11-14(15)18/h4-9,11-12H,3,10,19H2,1-2H3. The average Bonchev–Trinajstić information content (AvgIpc) is 2.48. The molecule has 112 valence electrons. The van der Waals surface area contributed by atoms with Gasteiger partial charge in [0.2, 0.25) is 0 Å². The fourth-order valence-electron chi connectivity index (χ4n) is 1.87. The predicted molar refractivity (Wildman–Crippen MR) is 89.0 cm³/mol. The molecule has 0 aliphatic heterocycles. The Morgan fingerprint density at radius 2 is 1.81 bits per heavy atom. The third kappa shape index (κ3) is 4.22. The molecule has 1 atom stereocenters. The Hall–Kier alpha value is -1.52. The summed E-state index contributed by atoms with van der Waals surface area (Å²) in [5.74, 6) is 2.20. The molecular weight excluding hydrogens is 330 g/mol. The molecule has 0 amide bonds. The predicted octanol–water partition coefficient (Wildman–Crippen LogP) is 5.05. The van der Waals surface area contributed by atoms with Gasteiger partial charge in [-0.3, -0.25) is 0 Å². The van der Waals surface area contributed by atoms with Gasteiger partial charge in [-0.05, 0) is 59.1 Å². The summed E-state index contributed by atoms with van der Waals surface area (Å²) in [5, 5.41) is 0. The molecule has 3 nitrogen and oxygen atoms in total. The van der Waals surface area contributed by atoms with E-state index in [1.54, 1.807) is 0 Å². The smallest absolute Gasteiger partial charge is 0.169 e. The highest BCUT2D eigenvalue weighted by molar-refractivity contribution is 9.10. The first kappa shape index (κ1) is 15.9. The van der Waals surface area contributed by atoms with Crippen LogP contribution in [0.1, 0.15) is 31.9 Å². The number of ether oxygens (including phenoxy) is 2. The number of nitrogens with two attached hydrogens (primary N) is 1. The van der Waals surface area contributed by atoms with Gasteiger partial charge in [0.15, 0.2) is 11.5 Å². The first-order valence-corrected chi connectivity index (χ1v) is 7.85. The Kier molecular flexibility index (Phi) is 5.65. The van der Waals surface area contributed by atoms with E-state index in [2.05, 4.69) is 22.9 Å². The van der Waals surface area contributed by atoms with Crippen molar-refractivity contribution < 1.29 is 9.47 Å². The van der Waals surface area contributed by atoms with Crippen molar-refractivity contribution in [2.45, 2.75) is 26.3 Å². The maximum Gasteiger partial charge on any atom is 0.169 e. The fraction of sp³-hybridized carbons (Fsp3) is 0.294. The van der Waals surface area contributed by atoms with Crippen molar-refractivity contribution >= 4 is 15.9 Å². The highest BCUT2D eigenvalue weighted by Crippen LogP contribution is 2.36. The third-order valence-electron chi connectivity index (χ3n) is 3.01. The van der Waals surface area contributed by atoms with E-state index in [0.717, 1.165) is 28.0 Å². The molecular formula is C17H20BrNO2. The van der Waals surface area contributed by atoms with Gasteiger partial charge in [-0.2, -0.15) is 0 Å². The number of benzene rings is 2. The SMILES string of the molecule is CCCOc1ccccc1Oc1ccc(C(C)N)cc1Br. The van der Waals surface area contributed by atoms with Gasteiger partial charge in [0.05, 0.1) is 11.1 Å². The van der Waals surface area contributed by atoms with Crippen LogP contribution in [0.2, 0.25) is 0 Å². The van der Waals surface area contributed by atoms with Crippen LogP contribution >= 0.6 is 15.9 Å². The van der Waals surface area contributed by atoms with E-state index in [0.29, 0.717) is 12.4 Å². The van der Waals surface area contributed by atoms with E-state index in [-0.39, 0.29) is 6.04 Å². The quantitative estimate of drug-likeness (QED) is 0.793. The van der Waals surface area contributed by atoms with Gasteiger partial charge in [0, 0.05) is 6.04 Å². The summed E-state index contributed by atoms with van der Waals surface area (Å²) in [7, 11) is 0. The van der Waals surface area contributed by atoms with Crippen LogP contribution in [0.5, 0.6) is 17.2 Å². The van der Waals surface area contributed by atoms with Gasteiger partial charge in [0.1, 0.15) is 5.75 Å². The van der Waals surface area contributed by atoms with Gasteiger partial charge < -0.3 is 15.2 Å². The Bertz CT molecular complexity index is 599. The molecule has 0 heterocycles. The largest absolute Gasteiger partial charge is 0.490 e. The second-order valence-corrected chi connectivity index (χ2v) is 5.73. The number of para-hydroxylation sites is 2. The molecule has 1 unspecified atom stereocenters. The van der Waals surface area contributed by atoms with Crippen LogP contribution in [0.3, 0.4) is 0 Å². The molecule has 0 aromatic heterocycles. The van der Waals surface area contributed by atoms with Crippen molar-refractivity contribution in [3.63, 3.8) is 0 Å². The lowest BCUT2D eigenvalue weighted by molar-refractivity contribution is 0.302. The highest BCUT2D eigenvalue weighted by Gasteiger charge is 2.09. The van der Waals surface area contributed by atoms with E-state index >= 15 is 0 Å². The van der Waals surface area contributed by atoms with Crippen LogP contribution in [0.15, 0.2) is 46.9 Å². The van der Waals surface area contributed by atoms with Gasteiger partial charge >= 0.3 is 0 Å². The molecule has 0 aliphatic carbocycles. The van der Waals surface area contributed by atoms with Crippen LogP contribution in [0.25, 0.3) is 0 Å². The molecule has 0 saturated carbocycles. The molecule has 0 bridgehead atoms. The molecule has 2 N–H and O–H groups in total. The first-order valence-electron chi connectivity index (χ1n) is 7.06. The van der Waals surface area contributed by atoms with Crippen LogP contribution in [0, 0.1) is 0 Å². The highest BCUT2D eigenvalue weighted by atomic mass is 79.9. The lowest BCUT2D eigenvalue weighted by atomic mass is 10.1. The fourth-order valence-corrected chi connectivity index (χ4v) is 2.34. The van der Waals surface area contributed by atoms with Gasteiger partial charge in [-0.25, -0.2) is 0 Å². The molecule has 0 radical (unpaired) electrons. The summed E-state index contributed by atoms with van der Waals surface area (Å²) in [4.78, 5) is 0.